The molecule has 2 rings (SSSR count). The fourth-order valence-electron chi connectivity index (χ4n) is 2.22. The van der Waals surface area contributed by atoms with Crippen LogP contribution in [-0.4, -0.2) is 33.5 Å². The number of nitriles is 2. The van der Waals surface area contributed by atoms with Crippen LogP contribution in [0.2, 0.25) is 0 Å². The Morgan fingerprint density at radius 2 is 2.33 bits per heavy atom. The van der Waals surface area contributed by atoms with E-state index in [0.717, 1.165) is 0 Å². The first kappa shape index (κ1) is 15.1. The topological polar surface area (TPSA) is 114 Å². The van der Waals surface area contributed by atoms with Crippen molar-refractivity contribution in [3.8, 4) is 12.1 Å². The van der Waals surface area contributed by atoms with Crippen molar-refractivity contribution < 1.29 is 9.59 Å². The zero-order valence-electron chi connectivity index (χ0n) is 11.4. The number of amides is 1. The molecule has 0 aliphatic carbocycles. The van der Waals surface area contributed by atoms with E-state index >= 15 is 0 Å². The maximum absolute atomic E-state index is 12.1. The van der Waals surface area contributed by atoms with Crippen molar-refractivity contribution in [3.05, 3.63) is 11.3 Å². The van der Waals surface area contributed by atoms with Crippen LogP contribution in [-0.2, 0) is 16.0 Å². The molecule has 21 heavy (non-hydrogen) atoms. The SMILES string of the molecule is CC(=O)SCC1CC(=O)N(c2n[nH]c(CC#N)c2C#N)C1. The van der Waals surface area contributed by atoms with Crippen molar-refractivity contribution in [1.82, 2.24) is 10.2 Å². The van der Waals surface area contributed by atoms with Gasteiger partial charge in [-0.2, -0.15) is 15.6 Å². The highest BCUT2D eigenvalue weighted by Gasteiger charge is 2.34. The van der Waals surface area contributed by atoms with Crippen molar-refractivity contribution in [2.75, 3.05) is 17.2 Å². The van der Waals surface area contributed by atoms with Crippen molar-refractivity contribution in [3.63, 3.8) is 0 Å². The van der Waals surface area contributed by atoms with Gasteiger partial charge < -0.3 is 0 Å². The third kappa shape index (κ3) is 3.23. The molecule has 0 radical (unpaired) electrons. The molecule has 108 valence electrons. The number of anilines is 1. The molecular weight excluding hydrogens is 290 g/mol. The largest absolute Gasteiger partial charge is 0.294 e. The molecular formula is C13H13N5O2S. The van der Waals surface area contributed by atoms with Crippen molar-refractivity contribution in [2.24, 2.45) is 5.92 Å². The number of aromatic nitrogens is 2. The molecule has 1 fully saturated rings. The van der Waals surface area contributed by atoms with Gasteiger partial charge in [0.15, 0.2) is 10.9 Å². The van der Waals surface area contributed by atoms with Gasteiger partial charge in [0.1, 0.15) is 11.6 Å². The number of rotatable bonds is 4. The Balaban J connectivity index is 2.16. The summed E-state index contributed by atoms with van der Waals surface area (Å²) in [7, 11) is 0. The Morgan fingerprint density at radius 3 is 2.95 bits per heavy atom. The number of nitrogens with zero attached hydrogens (tertiary/aromatic N) is 4. The van der Waals surface area contributed by atoms with Gasteiger partial charge in [-0.3, -0.25) is 19.6 Å². The predicted molar refractivity (Wildman–Crippen MR) is 76.2 cm³/mol. The number of carbonyl (C=O) groups is 2. The van der Waals surface area contributed by atoms with E-state index in [0.29, 0.717) is 24.4 Å². The fraction of sp³-hybridized carbons (Fsp3) is 0.462. The molecule has 1 aliphatic heterocycles. The highest BCUT2D eigenvalue weighted by atomic mass is 32.2. The summed E-state index contributed by atoms with van der Waals surface area (Å²) < 4.78 is 0. The van der Waals surface area contributed by atoms with Crippen molar-refractivity contribution in [1.29, 1.82) is 10.5 Å². The molecule has 2 heterocycles. The predicted octanol–water partition coefficient (Wildman–Crippen LogP) is 0.980. The van der Waals surface area contributed by atoms with Crippen LogP contribution in [0.4, 0.5) is 5.82 Å². The molecule has 7 nitrogen and oxygen atoms in total. The van der Waals surface area contributed by atoms with E-state index in [4.69, 9.17) is 5.26 Å². The molecule has 1 aromatic rings. The van der Waals surface area contributed by atoms with Gasteiger partial charge in [0.2, 0.25) is 5.91 Å². The van der Waals surface area contributed by atoms with Crippen LogP contribution >= 0.6 is 11.8 Å². The average molecular weight is 303 g/mol. The zero-order valence-corrected chi connectivity index (χ0v) is 12.2. The minimum atomic E-state index is -0.115. The number of hydrogen-bond acceptors (Lipinski definition) is 6. The minimum absolute atomic E-state index is 0.0229. The highest BCUT2D eigenvalue weighted by molar-refractivity contribution is 8.13. The van der Waals surface area contributed by atoms with E-state index in [-0.39, 0.29) is 34.7 Å². The van der Waals surface area contributed by atoms with Gasteiger partial charge in [-0.1, -0.05) is 11.8 Å². The second kappa shape index (κ2) is 6.42. The molecule has 0 bridgehead atoms. The van der Waals surface area contributed by atoms with E-state index < -0.39 is 0 Å². The second-order valence-electron chi connectivity index (χ2n) is 4.72. The Hall–Kier alpha value is -2.32. The summed E-state index contributed by atoms with van der Waals surface area (Å²) in [5.74, 6) is 0.808. The Labute approximate surface area is 125 Å². The van der Waals surface area contributed by atoms with E-state index in [1.807, 2.05) is 12.1 Å². The molecule has 1 N–H and O–H groups in total. The van der Waals surface area contributed by atoms with E-state index in [1.54, 1.807) is 0 Å². The number of hydrogen-bond donors (Lipinski definition) is 1. The second-order valence-corrected chi connectivity index (χ2v) is 5.92. The normalized spacial score (nSPS) is 17.6. The molecule has 0 spiro atoms. The third-order valence-corrected chi connectivity index (χ3v) is 4.22. The lowest BCUT2D eigenvalue weighted by Crippen LogP contribution is -2.26. The molecule has 1 aliphatic rings. The molecule has 0 saturated carbocycles. The zero-order chi connectivity index (χ0) is 15.4. The highest BCUT2D eigenvalue weighted by Crippen LogP contribution is 2.29. The number of carbonyl (C=O) groups excluding carboxylic acids is 2. The van der Waals surface area contributed by atoms with Gasteiger partial charge in [-0.15, -0.1) is 0 Å². The molecule has 1 unspecified atom stereocenters. The lowest BCUT2D eigenvalue weighted by atomic mass is 10.1. The number of aromatic amines is 1. The molecule has 1 amide bonds. The summed E-state index contributed by atoms with van der Waals surface area (Å²) in [6, 6.07) is 3.94. The summed E-state index contributed by atoms with van der Waals surface area (Å²) in [5, 5.41) is 24.6. The van der Waals surface area contributed by atoms with Crippen LogP contribution in [0.1, 0.15) is 24.6 Å². The fourth-order valence-corrected chi connectivity index (χ4v) is 2.91. The Kier molecular flexibility index (Phi) is 4.61. The third-order valence-electron chi connectivity index (χ3n) is 3.17. The maximum Gasteiger partial charge on any atom is 0.228 e. The van der Waals surface area contributed by atoms with Crippen LogP contribution in [0.3, 0.4) is 0 Å². The molecule has 1 atom stereocenters. The maximum atomic E-state index is 12.1. The first-order chi connectivity index (χ1) is 10.1. The summed E-state index contributed by atoms with van der Waals surface area (Å²) in [4.78, 5) is 24.5. The van der Waals surface area contributed by atoms with Gasteiger partial charge in [-0.25, -0.2) is 0 Å². The monoisotopic (exact) mass is 303 g/mol. The van der Waals surface area contributed by atoms with Crippen LogP contribution in [0.5, 0.6) is 0 Å². The minimum Gasteiger partial charge on any atom is -0.294 e. The summed E-state index contributed by atoms with van der Waals surface area (Å²) in [5.41, 5.74) is 0.661. The molecule has 8 heteroatoms. The van der Waals surface area contributed by atoms with E-state index in [9.17, 15) is 14.9 Å². The quantitative estimate of drug-likeness (QED) is 0.886. The smallest absolute Gasteiger partial charge is 0.228 e. The number of nitrogens with one attached hydrogen (secondary N) is 1. The number of H-pyrrole nitrogens is 1. The lowest BCUT2D eigenvalue weighted by molar-refractivity contribution is -0.117. The van der Waals surface area contributed by atoms with Gasteiger partial charge in [-0.05, 0) is 5.92 Å². The molecule has 1 aromatic heterocycles. The van der Waals surface area contributed by atoms with Crippen molar-refractivity contribution >= 4 is 28.6 Å². The first-order valence-electron chi connectivity index (χ1n) is 6.34. The summed E-state index contributed by atoms with van der Waals surface area (Å²) >= 11 is 1.20. The number of thioether (sulfide) groups is 1. The average Bonchev–Trinajstić information content (AvgIpc) is 3.00. The standard InChI is InChI=1S/C13H13N5O2S/c1-8(19)21-7-9-4-12(20)18(6-9)13-10(5-15)11(2-3-14)16-17-13/h9H,2,4,6-7H2,1H3,(H,16,17). The van der Waals surface area contributed by atoms with Crippen LogP contribution < -0.4 is 4.90 Å². The Morgan fingerprint density at radius 1 is 1.57 bits per heavy atom. The summed E-state index contributed by atoms with van der Waals surface area (Å²) in [6.45, 7) is 1.93. The molecule has 1 saturated heterocycles. The van der Waals surface area contributed by atoms with E-state index in [2.05, 4.69) is 10.2 Å². The van der Waals surface area contributed by atoms with Crippen LogP contribution in [0, 0.1) is 28.6 Å². The van der Waals surface area contributed by atoms with Gasteiger partial charge in [0.25, 0.3) is 0 Å². The molecule has 0 aromatic carbocycles. The van der Waals surface area contributed by atoms with E-state index in [1.165, 1.54) is 23.6 Å². The van der Waals surface area contributed by atoms with Crippen molar-refractivity contribution in [2.45, 2.75) is 19.8 Å². The Bertz CT molecular complexity index is 654. The van der Waals surface area contributed by atoms with Gasteiger partial charge >= 0.3 is 0 Å². The van der Waals surface area contributed by atoms with Crippen LogP contribution in [0.15, 0.2) is 0 Å². The van der Waals surface area contributed by atoms with Gasteiger partial charge in [0.05, 0.1) is 18.2 Å². The van der Waals surface area contributed by atoms with Crippen LogP contribution in [0.25, 0.3) is 0 Å². The summed E-state index contributed by atoms with van der Waals surface area (Å²) in [6.07, 6.45) is 0.382. The lowest BCUT2D eigenvalue weighted by Gasteiger charge is -2.13. The van der Waals surface area contributed by atoms with Gasteiger partial charge in [0, 0.05) is 25.6 Å². The first-order valence-corrected chi connectivity index (χ1v) is 7.33.